The normalized spacial score (nSPS) is 18.7. The highest BCUT2D eigenvalue weighted by atomic mass is 35.5. The number of hydrogen-bond donors (Lipinski definition) is 1. The van der Waals surface area contributed by atoms with E-state index in [0.29, 0.717) is 24.2 Å². The third kappa shape index (κ3) is 7.49. The van der Waals surface area contributed by atoms with Gasteiger partial charge in [0, 0.05) is 45.2 Å². The van der Waals surface area contributed by atoms with Gasteiger partial charge in [0.05, 0.1) is 14.2 Å². The van der Waals surface area contributed by atoms with Crippen molar-refractivity contribution in [3.05, 3.63) is 23.8 Å². The lowest BCUT2D eigenvalue weighted by molar-refractivity contribution is -0.134. The quantitative estimate of drug-likeness (QED) is 0.675. The first kappa shape index (κ1) is 26.8. The largest absolute Gasteiger partial charge is 0.497 e. The van der Waals surface area contributed by atoms with Gasteiger partial charge in [-0.1, -0.05) is 6.92 Å². The lowest BCUT2D eigenvalue weighted by atomic mass is 9.84. The van der Waals surface area contributed by atoms with E-state index in [9.17, 15) is 4.79 Å². The van der Waals surface area contributed by atoms with Crippen LogP contribution >= 0.6 is 24.8 Å². The number of nitrogens with zero attached hydrogens (tertiary/aromatic N) is 2. The van der Waals surface area contributed by atoms with E-state index in [4.69, 9.17) is 9.47 Å². The van der Waals surface area contributed by atoms with E-state index < -0.39 is 0 Å². The standard InChI is InChI=1S/C22H35N3O3.2ClH/c1-17(19-4-6-23-7-5-19)12-22(26)25-10-8-24(9-11-25)16-18-13-20(27-2)15-21(14-18)28-3;;/h13-15,17,19,23H,4-12,16H2,1-3H3;2*1H. The number of halogens is 2. The molecule has 6 nitrogen and oxygen atoms in total. The molecule has 1 amide bonds. The van der Waals surface area contributed by atoms with Gasteiger partial charge in [0.25, 0.3) is 0 Å². The molecule has 2 saturated heterocycles. The first-order chi connectivity index (χ1) is 13.6. The summed E-state index contributed by atoms with van der Waals surface area (Å²) >= 11 is 0. The van der Waals surface area contributed by atoms with E-state index in [1.165, 1.54) is 18.4 Å². The van der Waals surface area contributed by atoms with Crippen molar-refractivity contribution < 1.29 is 14.3 Å². The minimum atomic E-state index is 0. The van der Waals surface area contributed by atoms with Gasteiger partial charge in [-0.25, -0.2) is 0 Å². The minimum Gasteiger partial charge on any atom is -0.497 e. The molecule has 1 atom stereocenters. The Bertz CT molecular complexity index is 626. The molecule has 0 radical (unpaired) electrons. The molecule has 2 fully saturated rings. The van der Waals surface area contributed by atoms with E-state index in [2.05, 4.69) is 34.2 Å². The fourth-order valence-corrected chi connectivity index (χ4v) is 4.36. The molecular weight excluding hydrogens is 425 g/mol. The Morgan fingerprint density at radius 1 is 1.03 bits per heavy atom. The van der Waals surface area contributed by atoms with Crippen LogP contribution < -0.4 is 14.8 Å². The Morgan fingerprint density at radius 3 is 2.13 bits per heavy atom. The number of amides is 1. The second-order valence-electron chi connectivity index (χ2n) is 8.15. The van der Waals surface area contributed by atoms with Gasteiger partial charge in [-0.2, -0.15) is 0 Å². The van der Waals surface area contributed by atoms with Crippen molar-refractivity contribution in [2.45, 2.75) is 32.7 Å². The zero-order valence-electron chi connectivity index (χ0n) is 18.4. The summed E-state index contributed by atoms with van der Waals surface area (Å²) in [6.45, 7) is 8.74. The number of hydrogen-bond acceptors (Lipinski definition) is 5. The smallest absolute Gasteiger partial charge is 0.222 e. The van der Waals surface area contributed by atoms with Crippen LogP contribution in [-0.2, 0) is 11.3 Å². The number of carbonyl (C=O) groups excluding carboxylic acids is 1. The van der Waals surface area contributed by atoms with E-state index in [1.807, 2.05) is 6.07 Å². The topological polar surface area (TPSA) is 54.0 Å². The summed E-state index contributed by atoms with van der Waals surface area (Å²) in [6.07, 6.45) is 3.09. The van der Waals surface area contributed by atoms with Crippen LogP contribution in [0.2, 0.25) is 0 Å². The van der Waals surface area contributed by atoms with Crippen LogP contribution in [0.1, 0.15) is 31.7 Å². The first-order valence-corrected chi connectivity index (χ1v) is 10.5. The van der Waals surface area contributed by atoms with E-state index >= 15 is 0 Å². The van der Waals surface area contributed by atoms with Crippen LogP contribution in [0.25, 0.3) is 0 Å². The summed E-state index contributed by atoms with van der Waals surface area (Å²) in [7, 11) is 3.35. The average Bonchev–Trinajstić information content (AvgIpc) is 2.74. The monoisotopic (exact) mass is 461 g/mol. The Kier molecular flexibility index (Phi) is 11.9. The van der Waals surface area contributed by atoms with Crippen molar-refractivity contribution >= 4 is 30.7 Å². The zero-order valence-corrected chi connectivity index (χ0v) is 20.0. The average molecular weight is 462 g/mol. The second kappa shape index (κ2) is 13.3. The van der Waals surface area contributed by atoms with Crippen LogP contribution in [0.15, 0.2) is 18.2 Å². The van der Waals surface area contributed by atoms with Gasteiger partial charge in [0.1, 0.15) is 11.5 Å². The number of methoxy groups -OCH3 is 2. The number of piperidine rings is 1. The minimum absolute atomic E-state index is 0. The molecule has 2 aliphatic rings. The van der Waals surface area contributed by atoms with Crippen LogP contribution in [0, 0.1) is 11.8 Å². The molecule has 8 heteroatoms. The van der Waals surface area contributed by atoms with Crippen LogP contribution in [0.4, 0.5) is 0 Å². The third-order valence-corrected chi connectivity index (χ3v) is 6.23. The summed E-state index contributed by atoms with van der Waals surface area (Å²) < 4.78 is 10.7. The van der Waals surface area contributed by atoms with Crippen molar-refractivity contribution in [3.8, 4) is 11.5 Å². The first-order valence-electron chi connectivity index (χ1n) is 10.5. The molecule has 30 heavy (non-hydrogen) atoms. The van der Waals surface area contributed by atoms with Crippen LogP contribution in [0.5, 0.6) is 11.5 Å². The van der Waals surface area contributed by atoms with Gasteiger partial charge in [-0.05, 0) is 55.5 Å². The number of rotatable bonds is 7. The SMILES string of the molecule is COc1cc(CN2CCN(C(=O)CC(C)C3CCNCC3)CC2)cc(OC)c1.Cl.Cl. The molecule has 0 aromatic heterocycles. The number of carbonyl (C=O) groups is 1. The fourth-order valence-electron chi connectivity index (χ4n) is 4.36. The van der Waals surface area contributed by atoms with E-state index in [0.717, 1.165) is 57.3 Å². The van der Waals surface area contributed by atoms with Gasteiger partial charge in [-0.15, -0.1) is 24.8 Å². The molecule has 0 saturated carbocycles. The summed E-state index contributed by atoms with van der Waals surface area (Å²) in [5.41, 5.74) is 1.18. The molecule has 1 aromatic rings. The van der Waals surface area contributed by atoms with Crippen LogP contribution in [0.3, 0.4) is 0 Å². The highest BCUT2D eigenvalue weighted by Crippen LogP contribution is 2.26. The van der Waals surface area contributed by atoms with Crippen molar-refractivity contribution in [1.29, 1.82) is 0 Å². The van der Waals surface area contributed by atoms with Gasteiger partial charge in [0.15, 0.2) is 0 Å². The summed E-state index contributed by atoms with van der Waals surface area (Å²) in [4.78, 5) is 17.2. The third-order valence-electron chi connectivity index (χ3n) is 6.23. The maximum Gasteiger partial charge on any atom is 0.222 e. The molecule has 1 N–H and O–H groups in total. The second-order valence-corrected chi connectivity index (χ2v) is 8.15. The van der Waals surface area contributed by atoms with Gasteiger partial charge in [0.2, 0.25) is 5.91 Å². The Labute approximate surface area is 193 Å². The summed E-state index contributed by atoms with van der Waals surface area (Å²) in [6, 6.07) is 6.01. The highest BCUT2D eigenvalue weighted by Gasteiger charge is 2.26. The molecule has 1 unspecified atom stereocenters. The van der Waals surface area contributed by atoms with Crippen molar-refractivity contribution in [2.75, 3.05) is 53.5 Å². The predicted molar refractivity (Wildman–Crippen MR) is 125 cm³/mol. The maximum absolute atomic E-state index is 12.7. The van der Waals surface area contributed by atoms with Crippen molar-refractivity contribution in [1.82, 2.24) is 15.1 Å². The highest BCUT2D eigenvalue weighted by molar-refractivity contribution is 5.85. The fraction of sp³-hybridized carbons (Fsp3) is 0.682. The Hall–Kier alpha value is -1.21. The van der Waals surface area contributed by atoms with E-state index in [1.54, 1.807) is 14.2 Å². The lowest BCUT2D eigenvalue weighted by Gasteiger charge is -2.36. The summed E-state index contributed by atoms with van der Waals surface area (Å²) in [5.74, 6) is 3.13. The van der Waals surface area contributed by atoms with Crippen LogP contribution in [-0.4, -0.2) is 69.2 Å². The van der Waals surface area contributed by atoms with Gasteiger partial charge < -0.3 is 19.7 Å². The molecule has 2 aliphatic heterocycles. The molecule has 0 aliphatic carbocycles. The Morgan fingerprint density at radius 2 is 1.60 bits per heavy atom. The predicted octanol–water partition coefficient (Wildman–Crippen LogP) is 3.22. The number of piperazine rings is 1. The molecule has 3 rings (SSSR count). The summed E-state index contributed by atoms with van der Waals surface area (Å²) in [5, 5.41) is 3.41. The number of nitrogens with one attached hydrogen (secondary N) is 1. The Balaban J connectivity index is 0.00000225. The molecule has 1 aromatic carbocycles. The van der Waals surface area contributed by atoms with Gasteiger partial charge >= 0.3 is 0 Å². The van der Waals surface area contributed by atoms with Crippen molar-refractivity contribution in [2.24, 2.45) is 11.8 Å². The maximum atomic E-state index is 12.7. The molecular formula is C22H37Cl2N3O3. The number of benzene rings is 1. The molecule has 0 spiro atoms. The van der Waals surface area contributed by atoms with E-state index in [-0.39, 0.29) is 24.8 Å². The molecule has 0 bridgehead atoms. The number of ether oxygens (including phenoxy) is 2. The molecule has 172 valence electrons. The van der Waals surface area contributed by atoms with Gasteiger partial charge in [-0.3, -0.25) is 9.69 Å². The molecule has 2 heterocycles. The zero-order chi connectivity index (χ0) is 19.9. The van der Waals surface area contributed by atoms with Crippen molar-refractivity contribution in [3.63, 3.8) is 0 Å². The lowest BCUT2D eigenvalue weighted by Crippen LogP contribution is -2.48.